The molecule has 0 aliphatic heterocycles. The molecule has 0 amide bonds. The van der Waals surface area contributed by atoms with Gasteiger partial charge in [-0.2, -0.15) is 0 Å². The van der Waals surface area contributed by atoms with Crippen molar-refractivity contribution < 1.29 is 19.0 Å². The molecule has 3 nitrogen and oxygen atoms in total. The smallest absolute Gasteiger partial charge is 0.310 e. The SMILES string of the molecule is CCOC(=O)Cc1ccc(F)c(Br)c1O. The van der Waals surface area contributed by atoms with E-state index in [0.29, 0.717) is 5.56 Å². The third-order valence-electron chi connectivity index (χ3n) is 1.79. The Morgan fingerprint density at radius 1 is 1.60 bits per heavy atom. The lowest BCUT2D eigenvalue weighted by Crippen LogP contribution is -2.07. The summed E-state index contributed by atoms with van der Waals surface area (Å²) in [6.45, 7) is 1.97. The van der Waals surface area contributed by atoms with Gasteiger partial charge in [0.05, 0.1) is 17.5 Å². The van der Waals surface area contributed by atoms with Crippen molar-refractivity contribution in [2.24, 2.45) is 0 Å². The Hall–Kier alpha value is -1.10. The highest BCUT2D eigenvalue weighted by Crippen LogP contribution is 2.30. The van der Waals surface area contributed by atoms with Gasteiger partial charge in [0, 0.05) is 5.56 Å². The number of phenolic OH excluding ortho intramolecular Hbond substituents is 1. The van der Waals surface area contributed by atoms with Crippen molar-refractivity contribution in [1.29, 1.82) is 0 Å². The number of esters is 1. The molecule has 1 aromatic rings. The number of hydrogen-bond donors (Lipinski definition) is 1. The van der Waals surface area contributed by atoms with Crippen LogP contribution in [0.2, 0.25) is 0 Å². The summed E-state index contributed by atoms with van der Waals surface area (Å²) in [4.78, 5) is 11.1. The van der Waals surface area contributed by atoms with E-state index in [-0.39, 0.29) is 23.2 Å². The normalized spacial score (nSPS) is 10.1. The molecule has 5 heteroatoms. The van der Waals surface area contributed by atoms with Crippen LogP contribution >= 0.6 is 15.9 Å². The van der Waals surface area contributed by atoms with Gasteiger partial charge in [-0.1, -0.05) is 6.07 Å². The Morgan fingerprint density at radius 3 is 2.87 bits per heavy atom. The fourth-order valence-corrected chi connectivity index (χ4v) is 1.48. The predicted molar refractivity (Wildman–Crippen MR) is 56.1 cm³/mol. The molecule has 0 saturated carbocycles. The van der Waals surface area contributed by atoms with E-state index in [1.54, 1.807) is 6.92 Å². The highest BCUT2D eigenvalue weighted by molar-refractivity contribution is 9.10. The number of phenols is 1. The summed E-state index contributed by atoms with van der Waals surface area (Å²) < 4.78 is 17.6. The maximum absolute atomic E-state index is 12.9. The van der Waals surface area contributed by atoms with Crippen molar-refractivity contribution in [3.63, 3.8) is 0 Å². The van der Waals surface area contributed by atoms with E-state index < -0.39 is 11.8 Å². The number of rotatable bonds is 3. The van der Waals surface area contributed by atoms with Gasteiger partial charge in [-0.05, 0) is 28.9 Å². The van der Waals surface area contributed by atoms with Crippen LogP contribution in [0.1, 0.15) is 12.5 Å². The van der Waals surface area contributed by atoms with Crippen LogP contribution in [0, 0.1) is 5.82 Å². The van der Waals surface area contributed by atoms with Gasteiger partial charge in [-0.25, -0.2) is 4.39 Å². The van der Waals surface area contributed by atoms with Crippen molar-refractivity contribution in [3.05, 3.63) is 28.0 Å². The lowest BCUT2D eigenvalue weighted by atomic mass is 10.1. The fourth-order valence-electron chi connectivity index (χ4n) is 1.09. The lowest BCUT2D eigenvalue weighted by molar-refractivity contribution is -0.142. The molecule has 0 bridgehead atoms. The van der Waals surface area contributed by atoms with Crippen molar-refractivity contribution in [1.82, 2.24) is 0 Å². The molecule has 0 aliphatic rings. The Bertz CT molecular complexity index is 379. The van der Waals surface area contributed by atoms with Gasteiger partial charge in [0.2, 0.25) is 0 Å². The first-order valence-corrected chi connectivity index (χ1v) is 5.17. The summed E-state index contributed by atoms with van der Waals surface area (Å²) in [6.07, 6.45) is -0.0709. The van der Waals surface area contributed by atoms with Crippen LogP contribution < -0.4 is 0 Å². The van der Waals surface area contributed by atoms with Crippen LogP contribution in [0.5, 0.6) is 5.75 Å². The molecule has 0 aliphatic carbocycles. The molecular formula is C10H10BrFO3. The zero-order chi connectivity index (χ0) is 11.4. The minimum atomic E-state index is -0.569. The van der Waals surface area contributed by atoms with E-state index in [0.717, 1.165) is 0 Å². The van der Waals surface area contributed by atoms with E-state index >= 15 is 0 Å². The number of aromatic hydroxyl groups is 1. The van der Waals surface area contributed by atoms with Gasteiger partial charge < -0.3 is 9.84 Å². The topological polar surface area (TPSA) is 46.5 Å². The molecule has 0 atom stereocenters. The minimum Gasteiger partial charge on any atom is -0.506 e. The molecule has 1 aromatic carbocycles. The zero-order valence-corrected chi connectivity index (χ0v) is 9.67. The standard InChI is InChI=1S/C10H10BrFO3/c1-2-15-8(13)5-6-3-4-7(12)9(11)10(6)14/h3-4,14H,2,5H2,1H3. The second-order valence-electron chi connectivity index (χ2n) is 2.85. The summed E-state index contributed by atoms with van der Waals surface area (Å²) in [5.74, 6) is -1.28. The third kappa shape index (κ3) is 2.92. The molecule has 0 heterocycles. The zero-order valence-electron chi connectivity index (χ0n) is 8.09. The predicted octanol–water partition coefficient (Wildman–Crippen LogP) is 2.40. The second-order valence-corrected chi connectivity index (χ2v) is 3.64. The highest BCUT2D eigenvalue weighted by atomic mass is 79.9. The van der Waals surface area contributed by atoms with E-state index in [9.17, 15) is 14.3 Å². The first kappa shape index (κ1) is 12.0. The average molecular weight is 277 g/mol. The van der Waals surface area contributed by atoms with E-state index in [1.807, 2.05) is 0 Å². The van der Waals surface area contributed by atoms with Crippen LogP contribution in [0.3, 0.4) is 0 Å². The largest absolute Gasteiger partial charge is 0.506 e. The summed E-state index contributed by atoms with van der Waals surface area (Å²) >= 11 is 2.88. The maximum Gasteiger partial charge on any atom is 0.310 e. The van der Waals surface area contributed by atoms with Crippen molar-refractivity contribution >= 4 is 21.9 Å². The van der Waals surface area contributed by atoms with Crippen LogP contribution in [-0.4, -0.2) is 17.7 Å². The third-order valence-corrected chi connectivity index (χ3v) is 2.55. The Morgan fingerprint density at radius 2 is 2.27 bits per heavy atom. The quantitative estimate of drug-likeness (QED) is 0.863. The molecule has 1 N–H and O–H groups in total. The number of carbonyl (C=O) groups is 1. The molecule has 0 radical (unpaired) electrons. The van der Waals surface area contributed by atoms with Crippen molar-refractivity contribution in [3.8, 4) is 5.75 Å². The second kappa shape index (κ2) is 5.11. The molecule has 15 heavy (non-hydrogen) atoms. The van der Waals surface area contributed by atoms with E-state index in [1.165, 1.54) is 12.1 Å². The number of ether oxygens (including phenoxy) is 1. The molecule has 82 valence electrons. The molecule has 0 saturated heterocycles. The summed E-state index contributed by atoms with van der Waals surface area (Å²) in [6, 6.07) is 2.53. The van der Waals surface area contributed by atoms with Gasteiger partial charge in [0.15, 0.2) is 0 Å². The average Bonchev–Trinajstić information content (AvgIpc) is 2.20. The maximum atomic E-state index is 12.9. The van der Waals surface area contributed by atoms with Crippen LogP contribution in [0.15, 0.2) is 16.6 Å². The van der Waals surface area contributed by atoms with Gasteiger partial charge in [0.1, 0.15) is 11.6 Å². The minimum absolute atomic E-state index is 0.0377. The number of benzene rings is 1. The number of carbonyl (C=O) groups excluding carboxylic acids is 1. The van der Waals surface area contributed by atoms with Crippen molar-refractivity contribution in [2.75, 3.05) is 6.61 Å². The van der Waals surface area contributed by atoms with Crippen LogP contribution in [0.25, 0.3) is 0 Å². The summed E-state index contributed by atoms with van der Waals surface area (Å²) in [5, 5.41) is 9.50. The Balaban J connectivity index is 2.87. The van der Waals surface area contributed by atoms with Gasteiger partial charge >= 0.3 is 5.97 Å². The Kier molecular flexibility index (Phi) is 4.08. The van der Waals surface area contributed by atoms with Gasteiger partial charge in [-0.15, -0.1) is 0 Å². The van der Waals surface area contributed by atoms with E-state index in [2.05, 4.69) is 15.9 Å². The first-order chi connectivity index (χ1) is 7.06. The molecular weight excluding hydrogens is 267 g/mol. The monoisotopic (exact) mass is 276 g/mol. The first-order valence-electron chi connectivity index (χ1n) is 4.37. The lowest BCUT2D eigenvalue weighted by Gasteiger charge is -2.06. The molecule has 0 fully saturated rings. The molecule has 0 unspecified atom stereocenters. The summed E-state index contributed by atoms with van der Waals surface area (Å²) in [5.41, 5.74) is 0.335. The van der Waals surface area contributed by atoms with Gasteiger partial charge in [-0.3, -0.25) is 4.79 Å². The van der Waals surface area contributed by atoms with Crippen LogP contribution in [0.4, 0.5) is 4.39 Å². The summed E-state index contributed by atoms with van der Waals surface area (Å²) in [7, 11) is 0. The number of halogens is 2. The highest BCUT2D eigenvalue weighted by Gasteiger charge is 2.13. The van der Waals surface area contributed by atoms with Crippen molar-refractivity contribution in [2.45, 2.75) is 13.3 Å². The van der Waals surface area contributed by atoms with Gasteiger partial charge in [0.25, 0.3) is 0 Å². The molecule has 0 aromatic heterocycles. The fraction of sp³-hybridized carbons (Fsp3) is 0.300. The van der Waals surface area contributed by atoms with Crippen LogP contribution in [-0.2, 0) is 16.0 Å². The van der Waals surface area contributed by atoms with E-state index in [4.69, 9.17) is 4.74 Å². The Labute approximate surface area is 95.0 Å². The molecule has 0 spiro atoms. The number of hydrogen-bond acceptors (Lipinski definition) is 3. The molecule has 1 rings (SSSR count).